The number of carbonyl (C=O) groups excluding carboxylic acids is 1. The van der Waals surface area contributed by atoms with Crippen molar-refractivity contribution in [2.45, 2.75) is 50.3 Å². The van der Waals surface area contributed by atoms with Crippen LogP contribution in [-0.2, 0) is 0 Å². The monoisotopic (exact) mass is 427 g/mol. The van der Waals surface area contributed by atoms with Gasteiger partial charge in [-0.1, -0.05) is 0 Å². The smallest absolute Gasteiger partial charge is 0.256 e. The number of halogens is 2. The summed E-state index contributed by atoms with van der Waals surface area (Å²) in [6.45, 7) is 0.652. The molecule has 0 radical (unpaired) electrons. The molecule has 1 aliphatic carbocycles. The number of fused-ring (bicyclic) bond motifs is 1. The highest BCUT2D eigenvalue weighted by molar-refractivity contribution is 6.00. The number of nitrogens with one attached hydrogen (secondary N) is 1. The molecule has 7 nitrogen and oxygen atoms in total. The normalized spacial score (nSPS) is 23.6. The highest BCUT2D eigenvalue weighted by Crippen LogP contribution is 2.36. The van der Waals surface area contributed by atoms with Crippen LogP contribution in [0.15, 0.2) is 36.7 Å². The summed E-state index contributed by atoms with van der Waals surface area (Å²) in [6, 6.07) is 4.88. The van der Waals surface area contributed by atoms with Crippen molar-refractivity contribution in [3.63, 3.8) is 0 Å². The highest BCUT2D eigenvalue weighted by atomic mass is 19.1. The number of hydrogen-bond acceptors (Lipinski definition) is 5. The Kier molecular flexibility index (Phi) is 5.05. The molecule has 3 aromatic rings. The average Bonchev–Trinajstić information content (AvgIpc) is 3.48. The summed E-state index contributed by atoms with van der Waals surface area (Å²) in [6.07, 6.45) is 6.26. The van der Waals surface area contributed by atoms with Crippen LogP contribution in [0.3, 0.4) is 0 Å². The maximum Gasteiger partial charge on any atom is 0.256 e. The number of nitrogens with zero attached hydrogens (tertiary/aromatic N) is 4. The van der Waals surface area contributed by atoms with Gasteiger partial charge in [0.25, 0.3) is 5.91 Å². The summed E-state index contributed by atoms with van der Waals surface area (Å²) < 4.78 is 29.7. The summed E-state index contributed by atoms with van der Waals surface area (Å²) in [5.74, 6) is -0.613. The summed E-state index contributed by atoms with van der Waals surface area (Å²) in [5.41, 5.74) is 1.06. The lowest BCUT2D eigenvalue weighted by molar-refractivity contribution is 0.0935. The summed E-state index contributed by atoms with van der Waals surface area (Å²) in [4.78, 5) is 19.4. The largest absolute Gasteiger partial charge is 0.393 e. The van der Waals surface area contributed by atoms with Gasteiger partial charge in [-0.05, 0) is 56.4 Å². The lowest BCUT2D eigenvalue weighted by Crippen LogP contribution is -2.33. The van der Waals surface area contributed by atoms with Crippen LogP contribution in [0.2, 0.25) is 0 Å². The van der Waals surface area contributed by atoms with Gasteiger partial charge >= 0.3 is 0 Å². The molecule has 1 unspecified atom stereocenters. The van der Waals surface area contributed by atoms with E-state index in [4.69, 9.17) is 0 Å². The van der Waals surface area contributed by atoms with Crippen molar-refractivity contribution >= 4 is 17.4 Å². The van der Waals surface area contributed by atoms with Gasteiger partial charge in [0, 0.05) is 24.3 Å². The van der Waals surface area contributed by atoms with Crippen molar-refractivity contribution in [1.82, 2.24) is 19.9 Å². The Hall–Kier alpha value is -3.07. The molecule has 1 aliphatic heterocycles. The summed E-state index contributed by atoms with van der Waals surface area (Å²) in [5, 5.41) is 16.9. The van der Waals surface area contributed by atoms with Gasteiger partial charge in [-0.2, -0.15) is 5.10 Å². The van der Waals surface area contributed by atoms with Gasteiger partial charge in [-0.3, -0.25) is 4.79 Å². The van der Waals surface area contributed by atoms with Gasteiger partial charge in [0.2, 0.25) is 0 Å². The predicted octanol–water partition coefficient (Wildman–Crippen LogP) is 2.99. The number of benzene rings is 1. The third kappa shape index (κ3) is 3.74. The van der Waals surface area contributed by atoms with Gasteiger partial charge in [-0.15, -0.1) is 0 Å². The van der Waals surface area contributed by atoms with E-state index in [0.717, 1.165) is 25.0 Å². The van der Waals surface area contributed by atoms with Gasteiger partial charge in [0.05, 0.1) is 18.3 Å². The second kappa shape index (κ2) is 7.88. The third-order valence-corrected chi connectivity index (χ3v) is 6.20. The molecule has 9 heteroatoms. The Balaban J connectivity index is 1.44. The first kappa shape index (κ1) is 19.9. The van der Waals surface area contributed by atoms with Gasteiger partial charge in [-0.25, -0.2) is 18.3 Å². The number of hydrogen-bond donors (Lipinski definition) is 2. The zero-order chi connectivity index (χ0) is 21.5. The first-order valence-electron chi connectivity index (χ1n) is 10.5. The summed E-state index contributed by atoms with van der Waals surface area (Å²) in [7, 11) is 0. The number of amides is 1. The molecule has 162 valence electrons. The topological polar surface area (TPSA) is 82.8 Å². The summed E-state index contributed by atoms with van der Waals surface area (Å²) >= 11 is 0. The number of aliphatic hydroxyl groups is 1. The zero-order valence-corrected chi connectivity index (χ0v) is 16.8. The van der Waals surface area contributed by atoms with E-state index in [1.807, 2.05) is 4.90 Å². The highest BCUT2D eigenvalue weighted by Gasteiger charge is 2.30. The number of aliphatic hydroxyl groups excluding tert-OH is 1. The van der Waals surface area contributed by atoms with E-state index >= 15 is 0 Å². The fourth-order valence-electron chi connectivity index (χ4n) is 4.67. The Bertz CT molecular complexity index is 1130. The average molecular weight is 427 g/mol. The Morgan fingerprint density at radius 3 is 2.87 bits per heavy atom. The number of aromatic nitrogens is 3. The Morgan fingerprint density at radius 1 is 1.19 bits per heavy atom. The molecule has 31 heavy (non-hydrogen) atoms. The molecule has 0 spiro atoms. The van der Waals surface area contributed by atoms with Crippen molar-refractivity contribution < 1.29 is 18.7 Å². The van der Waals surface area contributed by atoms with Crippen LogP contribution in [0.5, 0.6) is 0 Å². The standard InChI is InChI=1S/C22H23F2N5O2/c23-13-3-6-18(24)16(10-13)19-2-1-8-28(19)20-7-9-29-21(27-20)17(12-25-29)22(31)26-14-4-5-15(30)11-14/h3,6-7,9-10,12,14-15,19,30H,1-2,4-5,8,11H2,(H,26,31)/t14-,15-,19?/m0/s1. The van der Waals surface area contributed by atoms with E-state index in [1.54, 1.807) is 12.3 Å². The lowest BCUT2D eigenvalue weighted by Gasteiger charge is -2.26. The van der Waals surface area contributed by atoms with E-state index in [-0.39, 0.29) is 24.1 Å². The van der Waals surface area contributed by atoms with Crippen LogP contribution in [0.25, 0.3) is 5.65 Å². The fourth-order valence-corrected chi connectivity index (χ4v) is 4.67. The van der Waals surface area contributed by atoms with Crippen LogP contribution < -0.4 is 10.2 Å². The molecule has 2 aromatic heterocycles. The Morgan fingerprint density at radius 2 is 2.06 bits per heavy atom. The maximum absolute atomic E-state index is 14.4. The SMILES string of the molecule is O=C(N[C@H]1CC[C@H](O)C1)c1cnn2ccc(N3CCCC3c3cc(F)ccc3F)nc12. The van der Waals surface area contributed by atoms with Gasteiger partial charge in [0.15, 0.2) is 5.65 Å². The minimum absolute atomic E-state index is 0.0699. The molecule has 2 fully saturated rings. The van der Waals surface area contributed by atoms with E-state index < -0.39 is 11.6 Å². The van der Waals surface area contributed by atoms with Crippen LogP contribution in [0, 0.1) is 11.6 Å². The molecule has 2 N–H and O–H groups in total. The number of carbonyl (C=O) groups is 1. The quantitative estimate of drug-likeness (QED) is 0.669. The van der Waals surface area contributed by atoms with E-state index in [0.29, 0.717) is 48.4 Å². The van der Waals surface area contributed by atoms with E-state index in [1.165, 1.54) is 16.8 Å². The first-order chi connectivity index (χ1) is 15.0. The lowest BCUT2D eigenvalue weighted by atomic mass is 10.0. The molecule has 5 rings (SSSR count). The second-order valence-corrected chi connectivity index (χ2v) is 8.27. The maximum atomic E-state index is 14.4. The van der Waals surface area contributed by atoms with Crippen molar-refractivity contribution in [3.05, 3.63) is 59.4 Å². The van der Waals surface area contributed by atoms with Crippen molar-refractivity contribution in [1.29, 1.82) is 0 Å². The molecule has 1 saturated heterocycles. The molecule has 0 bridgehead atoms. The minimum atomic E-state index is -0.474. The van der Waals surface area contributed by atoms with Crippen LogP contribution in [-0.4, -0.2) is 44.3 Å². The molecule has 3 atom stereocenters. The van der Waals surface area contributed by atoms with E-state index in [2.05, 4.69) is 15.4 Å². The van der Waals surface area contributed by atoms with E-state index in [9.17, 15) is 18.7 Å². The van der Waals surface area contributed by atoms with Crippen LogP contribution in [0.4, 0.5) is 14.6 Å². The first-order valence-corrected chi connectivity index (χ1v) is 10.5. The van der Waals surface area contributed by atoms with Crippen LogP contribution in [0.1, 0.15) is 54.1 Å². The van der Waals surface area contributed by atoms with Crippen molar-refractivity contribution in [3.8, 4) is 0 Å². The van der Waals surface area contributed by atoms with Gasteiger partial charge in [0.1, 0.15) is 23.0 Å². The fraction of sp³-hybridized carbons (Fsp3) is 0.409. The third-order valence-electron chi connectivity index (χ3n) is 6.20. The Labute approximate surface area is 177 Å². The molecular weight excluding hydrogens is 404 g/mol. The molecule has 3 heterocycles. The number of anilines is 1. The predicted molar refractivity (Wildman–Crippen MR) is 110 cm³/mol. The van der Waals surface area contributed by atoms with Crippen molar-refractivity contribution in [2.24, 2.45) is 0 Å². The molecule has 1 saturated carbocycles. The molecule has 2 aliphatic rings. The molecule has 1 aromatic carbocycles. The van der Waals surface area contributed by atoms with Crippen molar-refractivity contribution in [2.75, 3.05) is 11.4 Å². The minimum Gasteiger partial charge on any atom is -0.393 e. The molecule has 1 amide bonds. The van der Waals surface area contributed by atoms with Crippen LogP contribution >= 0.6 is 0 Å². The second-order valence-electron chi connectivity index (χ2n) is 8.27. The molecular formula is C22H23F2N5O2. The zero-order valence-electron chi connectivity index (χ0n) is 16.8. The van der Waals surface area contributed by atoms with Gasteiger partial charge < -0.3 is 15.3 Å². The number of rotatable bonds is 4.